The van der Waals surface area contributed by atoms with E-state index in [4.69, 9.17) is 9.29 Å². The van der Waals surface area contributed by atoms with Crippen molar-refractivity contribution in [3.63, 3.8) is 0 Å². The van der Waals surface area contributed by atoms with Crippen LogP contribution in [0.2, 0.25) is 0 Å². The van der Waals surface area contributed by atoms with Crippen molar-refractivity contribution in [2.24, 2.45) is 0 Å². The highest BCUT2D eigenvalue weighted by atomic mass is 79.9. The molecule has 1 rings (SSSR count). The lowest BCUT2D eigenvalue weighted by Gasteiger charge is -2.26. The summed E-state index contributed by atoms with van der Waals surface area (Å²) in [5.41, 5.74) is 0.925. The second-order valence-electron chi connectivity index (χ2n) is 5.52. The molecule has 0 aliphatic heterocycles. The number of halogens is 1. The van der Waals surface area contributed by atoms with E-state index in [1.807, 2.05) is 5.48 Å². The van der Waals surface area contributed by atoms with Gasteiger partial charge >= 0.3 is 0 Å². The predicted molar refractivity (Wildman–Crippen MR) is 104 cm³/mol. The SMILES string of the molecule is CS(=O)(=O)OCCN(CCBr)c1c(C(=O)NCCO)cc(NO[O-])cc1[N+](=O)[O-]. The van der Waals surface area contributed by atoms with E-state index in [2.05, 4.69) is 26.2 Å². The number of nitro benzene ring substituents is 1. The van der Waals surface area contributed by atoms with Crippen LogP contribution in [-0.4, -0.2) is 68.8 Å². The Labute approximate surface area is 174 Å². The molecule has 0 atom stereocenters. The number of carbonyl (C=O) groups excluding carboxylic acids is 1. The van der Waals surface area contributed by atoms with E-state index >= 15 is 0 Å². The maximum atomic E-state index is 12.5. The third-order valence-corrected chi connectivity index (χ3v) is 4.37. The predicted octanol–water partition coefficient (Wildman–Crippen LogP) is -0.887. The molecule has 1 aromatic carbocycles. The van der Waals surface area contributed by atoms with Crippen LogP contribution in [-0.2, 0) is 19.3 Å². The van der Waals surface area contributed by atoms with Crippen LogP contribution in [0.1, 0.15) is 10.4 Å². The van der Waals surface area contributed by atoms with Gasteiger partial charge in [0.1, 0.15) is 5.69 Å². The molecule has 0 fully saturated rings. The molecule has 0 aliphatic rings. The highest BCUT2D eigenvalue weighted by Gasteiger charge is 2.28. The largest absolute Gasteiger partial charge is 0.698 e. The summed E-state index contributed by atoms with van der Waals surface area (Å²) in [7, 11) is -3.74. The third-order valence-electron chi connectivity index (χ3n) is 3.42. The van der Waals surface area contributed by atoms with Crippen molar-refractivity contribution in [3.8, 4) is 0 Å². The van der Waals surface area contributed by atoms with Gasteiger partial charge in [0, 0.05) is 31.0 Å². The number of alkyl halides is 1. The first kappa shape index (κ1) is 25.0. The van der Waals surface area contributed by atoms with Crippen LogP contribution in [0.5, 0.6) is 0 Å². The van der Waals surface area contributed by atoms with Gasteiger partial charge in [0.05, 0.1) is 35.6 Å². The van der Waals surface area contributed by atoms with Crippen LogP contribution in [0.3, 0.4) is 0 Å². The first-order valence-electron chi connectivity index (χ1n) is 8.06. The molecule has 0 aliphatic carbocycles. The number of anilines is 2. The molecular formula is C14H20BrN4O9S-. The van der Waals surface area contributed by atoms with E-state index in [1.165, 1.54) is 4.90 Å². The highest BCUT2D eigenvalue weighted by Crippen LogP contribution is 2.35. The molecule has 1 amide bonds. The molecule has 164 valence electrons. The summed E-state index contributed by atoms with van der Waals surface area (Å²) in [6.45, 7) is -0.719. The van der Waals surface area contributed by atoms with E-state index in [-0.39, 0.29) is 49.8 Å². The maximum absolute atomic E-state index is 12.5. The van der Waals surface area contributed by atoms with Gasteiger partial charge < -0.3 is 25.6 Å². The number of nitrogens with zero attached hydrogens (tertiary/aromatic N) is 2. The number of hydrogen-bond donors (Lipinski definition) is 3. The van der Waals surface area contributed by atoms with Gasteiger partial charge in [-0.2, -0.15) is 8.42 Å². The van der Waals surface area contributed by atoms with Crippen molar-refractivity contribution in [1.82, 2.24) is 5.32 Å². The molecule has 0 aromatic heterocycles. The second-order valence-corrected chi connectivity index (χ2v) is 7.95. The number of hydrogen-bond acceptors (Lipinski definition) is 11. The number of carbonyl (C=O) groups is 1. The molecule has 0 unspecified atom stereocenters. The molecule has 0 bridgehead atoms. The van der Waals surface area contributed by atoms with Crippen LogP contribution in [0.15, 0.2) is 12.1 Å². The van der Waals surface area contributed by atoms with Crippen molar-refractivity contribution in [2.45, 2.75) is 0 Å². The molecule has 0 saturated heterocycles. The average molecular weight is 500 g/mol. The Morgan fingerprint density at radius 2 is 2.07 bits per heavy atom. The summed E-state index contributed by atoms with van der Waals surface area (Å²) >= 11 is 3.21. The molecule has 13 nitrogen and oxygen atoms in total. The number of nitrogens with one attached hydrogen (secondary N) is 2. The van der Waals surface area contributed by atoms with Gasteiger partial charge in [0.15, 0.2) is 0 Å². The Kier molecular flexibility index (Phi) is 10.2. The van der Waals surface area contributed by atoms with E-state index in [9.17, 15) is 28.6 Å². The number of rotatable bonds is 13. The molecule has 0 heterocycles. The van der Waals surface area contributed by atoms with Crippen LogP contribution in [0.25, 0.3) is 0 Å². The summed E-state index contributed by atoms with van der Waals surface area (Å²) < 4.78 is 27.1. The van der Waals surface area contributed by atoms with Gasteiger partial charge in [-0.25, -0.2) is 0 Å². The van der Waals surface area contributed by atoms with Crippen LogP contribution in [0, 0.1) is 10.1 Å². The molecule has 15 heteroatoms. The minimum Gasteiger partial charge on any atom is -0.698 e. The standard InChI is InChI=1S/C14H21BrN4O9S/c1-29(25,26)27-7-5-18(4-2-15)13-11(14(21)16-3-6-20)8-10(17-28-24)9-12(13)19(22)23/h8-9,17,20,24H,2-7H2,1H3,(H,16,21)/p-1. The van der Waals surface area contributed by atoms with Crippen LogP contribution >= 0.6 is 15.9 Å². The molecule has 0 radical (unpaired) electrons. The fraction of sp³-hybridized carbons (Fsp3) is 0.500. The lowest BCUT2D eigenvalue weighted by atomic mass is 10.1. The molecule has 29 heavy (non-hydrogen) atoms. The number of amides is 1. The minimum absolute atomic E-state index is 0.0926. The summed E-state index contributed by atoms with van der Waals surface area (Å²) in [5.74, 6) is -0.754. The summed E-state index contributed by atoms with van der Waals surface area (Å²) in [6, 6.07) is 2.15. The fourth-order valence-corrected chi connectivity index (χ4v) is 3.18. The Bertz CT molecular complexity index is 822. The zero-order chi connectivity index (χ0) is 22.0. The second kappa shape index (κ2) is 11.8. The molecule has 0 saturated carbocycles. The number of benzene rings is 1. The molecular weight excluding hydrogens is 480 g/mol. The zero-order valence-corrected chi connectivity index (χ0v) is 17.7. The Morgan fingerprint density at radius 1 is 1.38 bits per heavy atom. The van der Waals surface area contributed by atoms with Gasteiger partial charge in [-0.3, -0.25) is 24.6 Å². The number of nitro groups is 1. The van der Waals surface area contributed by atoms with Crippen LogP contribution < -0.4 is 21.0 Å². The summed E-state index contributed by atoms with van der Waals surface area (Å²) in [5, 5.41) is 33.6. The zero-order valence-electron chi connectivity index (χ0n) is 15.3. The van der Waals surface area contributed by atoms with E-state index in [0.29, 0.717) is 5.33 Å². The van der Waals surface area contributed by atoms with E-state index < -0.39 is 26.6 Å². The summed E-state index contributed by atoms with van der Waals surface area (Å²) in [4.78, 5) is 28.3. The molecule has 1 aromatic rings. The lowest BCUT2D eigenvalue weighted by Crippen LogP contribution is -2.34. The van der Waals surface area contributed by atoms with Gasteiger partial charge in [-0.15, -0.1) is 0 Å². The minimum atomic E-state index is -3.74. The van der Waals surface area contributed by atoms with Crippen molar-refractivity contribution >= 4 is 49.0 Å². The maximum Gasteiger partial charge on any atom is 0.295 e. The Morgan fingerprint density at radius 3 is 2.59 bits per heavy atom. The lowest BCUT2D eigenvalue weighted by molar-refractivity contribution is -0.678. The Balaban J connectivity index is 3.49. The van der Waals surface area contributed by atoms with Crippen molar-refractivity contribution in [2.75, 3.05) is 54.8 Å². The average Bonchev–Trinajstić information content (AvgIpc) is 2.64. The van der Waals surface area contributed by atoms with Crippen molar-refractivity contribution in [1.29, 1.82) is 0 Å². The first-order valence-corrected chi connectivity index (χ1v) is 11.0. The molecule has 0 spiro atoms. The summed E-state index contributed by atoms with van der Waals surface area (Å²) in [6.07, 6.45) is 0.863. The van der Waals surface area contributed by atoms with Crippen molar-refractivity contribution in [3.05, 3.63) is 27.8 Å². The topological polar surface area (TPSA) is 183 Å². The van der Waals surface area contributed by atoms with Crippen molar-refractivity contribution < 1.29 is 37.7 Å². The van der Waals surface area contributed by atoms with E-state index in [0.717, 1.165) is 18.4 Å². The van der Waals surface area contributed by atoms with Crippen LogP contribution in [0.4, 0.5) is 17.1 Å². The first-order chi connectivity index (χ1) is 13.6. The molecule has 3 N–H and O–H groups in total. The number of aliphatic hydroxyl groups is 1. The smallest absolute Gasteiger partial charge is 0.295 e. The van der Waals surface area contributed by atoms with Gasteiger partial charge in [-0.1, -0.05) is 15.9 Å². The highest BCUT2D eigenvalue weighted by molar-refractivity contribution is 9.09. The monoisotopic (exact) mass is 499 g/mol. The fourth-order valence-electron chi connectivity index (χ4n) is 2.37. The quantitative estimate of drug-likeness (QED) is 0.100. The van der Waals surface area contributed by atoms with Gasteiger partial charge in [-0.05, 0) is 6.07 Å². The van der Waals surface area contributed by atoms with Gasteiger partial charge in [0.25, 0.3) is 21.7 Å². The van der Waals surface area contributed by atoms with Gasteiger partial charge in [0.2, 0.25) is 0 Å². The Hall–Kier alpha value is -2.04. The third kappa shape index (κ3) is 8.08. The number of aliphatic hydroxyl groups excluding tert-OH is 1. The normalized spacial score (nSPS) is 11.2. The van der Waals surface area contributed by atoms with E-state index in [1.54, 1.807) is 0 Å².